The second-order valence-electron chi connectivity index (χ2n) is 6.15. The van der Waals surface area contributed by atoms with Crippen molar-refractivity contribution in [1.29, 1.82) is 0 Å². The molecule has 16 heavy (non-hydrogen) atoms. The molecule has 0 aliphatic heterocycles. The van der Waals surface area contributed by atoms with Gasteiger partial charge in [0, 0.05) is 0 Å². The average molecular weight is 434 g/mol. The van der Waals surface area contributed by atoms with E-state index in [1.54, 1.807) is 0 Å². The number of benzene rings is 1. The molecule has 0 bridgehead atoms. The zero-order valence-electron chi connectivity index (χ0n) is 11.3. The predicted octanol–water partition coefficient (Wildman–Crippen LogP) is 3.99. The molecule has 1 N–H and O–H groups in total. The van der Waals surface area contributed by atoms with Gasteiger partial charge in [0.1, 0.15) is 0 Å². The van der Waals surface area contributed by atoms with Gasteiger partial charge in [-0.05, 0) is 0 Å². The molecule has 0 saturated heterocycles. The van der Waals surface area contributed by atoms with E-state index in [4.69, 9.17) is 0 Å². The number of hydrazine groups is 1. The fraction of sp³-hybridized carbons (Fsp3) is 0.500. The molecule has 0 atom stereocenters. The fourth-order valence-corrected chi connectivity index (χ4v) is 48.9. The van der Waals surface area contributed by atoms with Gasteiger partial charge < -0.3 is 0 Å². The van der Waals surface area contributed by atoms with Crippen LogP contribution in [0.1, 0.15) is 0 Å². The molecule has 0 amide bonds. The number of para-hydroxylation sites is 1. The van der Waals surface area contributed by atoms with Gasteiger partial charge in [-0.2, -0.15) is 0 Å². The third-order valence-electron chi connectivity index (χ3n) is 2.36. The van der Waals surface area contributed by atoms with Gasteiger partial charge in [0.2, 0.25) is 0 Å². The quantitative estimate of drug-likeness (QED) is 0.571. The van der Waals surface area contributed by atoms with Gasteiger partial charge in [0.25, 0.3) is 0 Å². The third kappa shape index (κ3) is 4.45. The molecule has 0 fully saturated rings. The van der Waals surface area contributed by atoms with Crippen LogP contribution in [0.3, 0.4) is 0 Å². The number of nitrogens with one attached hydrogen (secondary N) is 1. The van der Waals surface area contributed by atoms with Gasteiger partial charge in [-0.15, -0.1) is 0 Å². The van der Waals surface area contributed by atoms with E-state index in [2.05, 4.69) is 66.8 Å². The van der Waals surface area contributed by atoms with Crippen LogP contribution in [-0.4, -0.2) is 38.8 Å². The summed E-state index contributed by atoms with van der Waals surface area (Å²) in [4.78, 5) is 14.9. The summed E-state index contributed by atoms with van der Waals surface area (Å²) in [5, 5.41) is 0. The van der Waals surface area contributed by atoms with Crippen molar-refractivity contribution >= 4 is 43.0 Å². The molecule has 0 heterocycles. The molecule has 0 radical (unpaired) electrons. The Morgan fingerprint density at radius 2 is 1.25 bits per heavy atom. The Bertz CT molecular complexity index is 311. The molecular weight excluding hydrogens is 410 g/mol. The van der Waals surface area contributed by atoms with E-state index in [-0.39, 0.29) is 0 Å². The van der Waals surface area contributed by atoms with E-state index in [1.807, 2.05) is 0 Å². The summed E-state index contributed by atoms with van der Waals surface area (Å²) in [6.07, 6.45) is 0. The zero-order chi connectivity index (χ0) is 12.4. The first-order chi connectivity index (χ1) is 7.21. The Kier molecular flexibility index (Phi) is 5.01. The van der Waals surface area contributed by atoms with Crippen molar-refractivity contribution < 1.29 is 0 Å². The van der Waals surface area contributed by atoms with Crippen LogP contribution in [0, 0.1) is 0 Å². The molecule has 0 spiro atoms. The number of hydrogen-bond donors (Lipinski definition) is 1. The second-order valence-corrected chi connectivity index (χ2v) is 37.1. The van der Waals surface area contributed by atoms with Crippen LogP contribution in [0.25, 0.3) is 0 Å². The molecule has 0 aliphatic rings. The Hall–Kier alpha value is 0.577. The summed E-state index contributed by atoms with van der Waals surface area (Å²) in [5.41, 5.74) is 4.92. The summed E-state index contributed by atoms with van der Waals surface area (Å²) in [6, 6.07) is 10.6. The van der Waals surface area contributed by atoms with Crippen molar-refractivity contribution in [3.8, 4) is 0 Å². The van der Waals surface area contributed by atoms with E-state index in [9.17, 15) is 0 Å². The number of hydrogen-bond acceptors (Lipinski definition) is 2. The Labute approximate surface area is 109 Å². The van der Waals surface area contributed by atoms with Crippen LogP contribution < -0.4 is 5.43 Å². The first-order valence-electron chi connectivity index (χ1n) is 5.83. The van der Waals surface area contributed by atoms with E-state index >= 15 is 0 Å². The average Bonchev–Trinajstić information content (AvgIpc) is 2.12. The number of anilines is 1. The minimum absolute atomic E-state index is 1.24. The van der Waals surface area contributed by atoms with Crippen molar-refractivity contribution in [3.05, 3.63) is 30.3 Å². The van der Waals surface area contributed by atoms with Crippen molar-refractivity contribution in [2.45, 2.75) is 29.6 Å². The zero-order valence-corrected chi connectivity index (χ0v) is 17.0. The maximum absolute atomic E-state index is 3.68. The molecule has 4 heteroatoms. The molecule has 2 nitrogen and oxygen atoms in total. The molecule has 1 rings (SSSR count). The summed E-state index contributed by atoms with van der Waals surface area (Å²) >= 11 is -4.07. The Morgan fingerprint density at radius 1 is 0.812 bits per heavy atom. The molecule has 0 aliphatic carbocycles. The predicted molar refractivity (Wildman–Crippen MR) is 78.6 cm³/mol. The Morgan fingerprint density at radius 3 is 1.62 bits per heavy atom. The van der Waals surface area contributed by atoms with Crippen LogP contribution in [-0.2, 0) is 0 Å². The van der Waals surface area contributed by atoms with Gasteiger partial charge in [0.05, 0.1) is 0 Å². The van der Waals surface area contributed by atoms with Crippen molar-refractivity contribution in [1.82, 2.24) is 1.45 Å². The van der Waals surface area contributed by atoms with Gasteiger partial charge in [0.15, 0.2) is 0 Å². The first-order valence-corrected chi connectivity index (χ1v) is 25.5. The van der Waals surface area contributed by atoms with E-state index in [0.29, 0.717) is 0 Å². The molecule has 90 valence electrons. The van der Waals surface area contributed by atoms with Gasteiger partial charge in [-0.3, -0.25) is 0 Å². The summed E-state index contributed by atoms with van der Waals surface area (Å²) in [5.74, 6) is 0. The van der Waals surface area contributed by atoms with Crippen LogP contribution in [0.5, 0.6) is 0 Å². The van der Waals surface area contributed by atoms with Crippen molar-refractivity contribution in [2.24, 2.45) is 0 Å². The van der Waals surface area contributed by atoms with Gasteiger partial charge in [-0.25, -0.2) is 0 Å². The standard InChI is InChI=1S/C6H6N2.6CH3.2Sn/c7-8-6-4-2-1-3-5-6;;;;;;;;/h1-5,8H;6*1H3;;. The van der Waals surface area contributed by atoms with Crippen LogP contribution in [0.2, 0.25) is 29.6 Å². The van der Waals surface area contributed by atoms with E-state index in [1.165, 1.54) is 5.69 Å². The van der Waals surface area contributed by atoms with Gasteiger partial charge >= 0.3 is 110 Å². The fourth-order valence-electron chi connectivity index (χ4n) is 1.98. The minimum atomic E-state index is -2.04. The second kappa shape index (κ2) is 5.48. The molecule has 1 aromatic carbocycles. The molecule has 0 aromatic heterocycles. The normalized spacial score (nSPS) is 12.9. The van der Waals surface area contributed by atoms with Crippen LogP contribution in [0.15, 0.2) is 30.3 Å². The molecule has 0 saturated carbocycles. The van der Waals surface area contributed by atoms with Crippen molar-refractivity contribution in [2.75, 3.05) is 5.43 Å². The molecule has 1 aromatic rings. The third-order valence-corrected chi connectivity index (χ3v) is 36.3. The van der Waals surface area contributed by atoms with E-state index in [0.717, 1.165) is 0 Å². The SMILES string of the molecule is [CH3][Sn]([CH3])([CH3])[N](Nc1ccccc1)[Sn]([CH3])([CH3])[CH3]. The number of rotatable bonds is 4. The van der Waals surface area contributed by atoms with Gasteiger partial charge in [-0.1, -0.05) is 0 Å². The van der Waals surface area contributed by atoms with E-state index < -0.39 is 37.3 Å². The monoisotopic (exact) mass is 436 g/mol. The first kappa shape index (κ1) is 14.6. The Balaban J connectivity index is 2.89. The molecular formula is C12H24N2Sn2. The van der Waals surface area contributed by atoms with Crippen LogP contribution in [0.4, 0.5) is 5.69 Å². The number of nitrogens with zero attached hydrogens (tertiary/aromatic N) is 1. The summed E-state index contributed by atoms with van der Waals surface area (Å²) in [6.45, 7) is 0. The summed E-state index contributed by atoms with van der Waals surface area (Å²) in [7, 11) is 0. The topological polar surface area (TPSA) is 15.3 Å². The summed E-state index contributed by atoms with van der Waals surface area (Å²) < 4.78 is 2.71. The van der Waals surface area contributed by atoms with Crippen molar-refractivity contribution in [3.63, 3.8) is 0 Å². The maximum atomic E-state index is 3.68. The van der Waals surface area contributed by atoms with Crippen LogP contribution >= 0.6 is 0 Å². The molecule has 0 unspecified atom stereocenters.